The van der Waals surface area contributed by atoms with E-state index in [0.29, 0.717) is 0 Å². The van der Waals surface area contributed by atoms with Gasteiger partial charge in [0, 0.05) is 18.3 Å². The smallest absolute Gasteiger partial charge is 0.128 e. The Morgan fingerprint density at radius 2 is 1.65 bits per heavy atom. The second-order valence-corrected chi connectivity index (χ2v) is 5.40. The zero-order valence-corrected chi connectivity index (χ0v) is 12.7. The molecule has 0 fully saturated rings. The SMILES string of the molecule is CC(c1ccc(Cl)cc1)N(C)c1ccc([C@H](C)O)cn1. The molecular weight excluding hydrogens is 272 g/mol. The van der Waals surface area contributed by atoms with Gasteiger partial charge in [0.2, 0.25) is 0 Å². The van der Waals surface area contributed by atoms with Crippen molar-refractivity contribution >= 4 is 17.4 Å². The molecule has 0 radical (unpaired) electrons. The van der Waals surface area contributed by atoms with Crippen LogP contribution in [0.1, 0.15) is 37.1 Å². The van der Waals surface area contributed by atoms with Crippen LogP contribution in [-0.2, 0) is 0 Å². The van der Waals surface area contributed by atoms with Crippen LogP contribution in [0, 0.1) is 0 Å². The molecule has 3 nitrogen and oxygen atoms in total. The lowest BCUT2D eigenvalue weighted by molar-refractivity contribution is 0.199. The van der Waals surface area contributed by atoms with Crippen LogP contribution in [0.4, 0.5) is 5.82 Å². The summed E-state index contributed by atoms with van der Waals surface area (Å²) in [4.78, 5) is 6.50. The number of aromatic nitrogens is 1. The largest absolute Gasteiger partial charge is 0.389 e. The number of hydrogen-bond donors (Lipinski definition) is 1. The second-order valence-electron chi connectivity index (χ2n) is 4.96. The molecule has 2 aromatic rings. The van der Waals surface area contributed by atoms with E-state index in [0.717, 1.165) is 16.4 Å². The Balaban J connectivity index is 2.17. The zero-order valence-electron chi connectivity index (χ0n) is 11.9. The molecule has 0 aliphatic rings. The summed E-state index contributed by atoms with van der Waals surface area (Å²) in [6.45, 7) is 3.85. The van der Waals surface area contributed by atoms with E-state index in [1.165, 1.54) is 5.56 Å². The van der Waals surface area contributed by atoms with Gasteiger partial charge in [-0.15, -0.1) is 0 Å². The number of nitrogens with zero attached hydrogens (tertiary/aromatic N) is 2. The molecule has 1 unspecified atom stereocenters. The van der Waals surface area contributed by atoms with Crippen molar-refractivity contribution in [2.45, 2.75) is 26.0 Å². The fourth-order valence-corrected chi connectivity index (χ4v) is 2.14. The van der Waals surface area contributed by atoms with Gasteiger partial charge >= 0.3 is 0 Å². The Bertz CT molecular complexity index is 552. The minimum Gasteiger partial charge on any atom is -0.389 e. The molecule has 0 saturated carbocycles. The lowest BCUT2D eigenvalue weighted by Crippen LogP contribution is -2.22. The van der Waals surface area contributed by atoms with E-state index in [1.807, 2.05) is 43.4 Å². The number of hydrogen-bond acceptors (Lipinski definition) is 3. The number of rotatable bonds is 4. The van der Waals surface area contributed by atoms with Crippen LogP contribution in [0.25, 0.3) is 0 Å². The van der Waals surface area contributed by atoms with E-state index in [1.54, 1.807) is 13.1 Å². The molecule has 0 amide bonds. The van der Waals surface area contributed by atoms with Crippen molar-refractivity contribution in [3.8, 4) is 0 Å². The van der Waals surface area contributed by atoms with Gasteiger partial charge in [0.05, 0.1) is 12.1 Å². The molecule has 1 aromatic heterocycles. The number of benzene rings is 1. The first kappa shape index (κ1) is 14.8. The maximum Gasteiger partial charge on any atom is 0.128 e. The molecule has 20 heavy (non-hydrogen) atoms. The van der Waals surface area contributed by atoms with Crippen LogP contribution < -0.4 is 4.90 Å². The predicted molar refractivity (Wildman–Crippen MR) is 83.1 cm³/mol. The highest BCUT2D eigenvalue weighted by Crippen LogP contribution is 2.25. The Labute approximate surface area is 124 Å². The van der Waals surface area contributed by atoms with Crippen molar-refractivity contribution in [2.75, 3.05) is 11.9 Å². The number of aliphatic hydroxyl groups excluding tert-OH is 1. The third kappa shape index (κ3) is 3.30. The van der Waals surface area contributed by atoms with E-state index >= 15 is 0 Å². The van der Waals surface area contributed by atoms with Gasteiger partial charge in [-0.25, -0.2) is 4.98 Å². The van der Waals surface area contributed by atoms with E-state index in [-0.39, 0.29) is 6.04 Å². The van der Waals surface area contributed by atoms with Gasteiger partial charge in [0.15, 0.2) is 0 Å². The standard InChI is InChI=1S/C16H19ClN2O/c1-11(13-4-7-15(17)8-5-13)19(3)16-9-6-14(10-18-16)12(2)20/h4-12,20H,1-3H3/t11?,12-/m0/s1. The van der Waals surface area contributed by atoms with Gasteiger partial charge in [0.1, 0.15) is 5.82 Å². The molecule has 0 spiro atoms. The maximum atomic E-state index is 9.50. The number of pyridine rings is 1. The van der Waals surface area contributed by atoms with Crippen molar-refractivity contribution in [1.82, 2.24) is 4.98 Å². The van der Waals surface area contributed by atoms with Gasteiger partial charge in [0.25, 0.3) is 0 Å². The molecule has 2 atom stereocenters. The number of aliphatic hydroxyl groups is 1. The van der Waals surface area contributed by atoms with E-state index < -0.39 is 6.10 Å². The van der Waals surface area contributed by atoms with Gasteiger partial charge < -0.3 is 10.0 Å². The van der Waals surface area contributed by atoms with Crippen LogP contribution in [0.5, 0.6) is 0 Å². The molecule has 106 valence electrons. The fraction of sp³-hybridized carbons (Fsp3) is 0.312. The molecule has 1 aromatic carbocycles. The number of halogens is 1. The third-order valence-electron chi connectivity index (χ3n) is 3.55. The first-order chi connectivity index (χ1) is 9.49. The number of anilines is 1. The summed E-state index contributed by atoms with van der Waals surface area (Å²) in [5.74, 6) is 0.872. The maximum absolute atomic E-state index is 9.50. The summed E-state index contributed by atoms with van der Waals surface area (Å²) >= 11 is 5.91. The highest BCUT2D eigenvalue weighted by molar-refractivity contribution is 6.30. The molecular formula is C16H19ClN2O. The molecule has 0 aliphatic heterocycles. The van der Waals surface area contributed by atoms with Crippen molar-refractivity contribution < 1.29 is 5.11 Å². The predicted octanol–water partition coefficient (Wildman–Crippen LogP) is 3.99. The van der Waals surface area contributed by atoms with E-state index in [4.69, 9.17) is 11.6 Å². The van der Waals surface area contributed by atoms with Gasteiger partial charge in [-0.3, -0.25) is 0 Å². The van der Waals surface area contributed by atoms with Crippen LogP contribution in [0.15, 0.2) is 42.6 Å². The fourth-order valence-electron chi connectivity index (χ4n) is 2.02. The Hall–Kier alpha value is -1.58. The van der Waals surface area contributed by atoms with Crippen LogP contribution in [0.2, 0.25) is 5.02 Å². The van der Waals surface area contributed by atoms with E-state index in [9.17, 15) is 5.11 Å². The Morgan fingerprint density at radius 3 is 2.15 bits per heavy atom. The lowest BCUT2D eigenvalue weighted by atomic mass is 10.1. The van der Waals surface area contributed by atoms with Crippen molar-refractivity contribution in [3.05, 3.63) is 58.7 Å². The van der Waals surface area contributed by atoms with Crippen molar-refractivity contribution in [3.63, 3.8) is 0 Å². The summed E-state index contributed by atoms with van der Waals surface area (Å²) in [5, 5.41) is 10.2. The summed E-state index contributed by atoms with van der Waals surface area (Å²) in [7, 11) is 2.00. The lowest BCUT2D eigenvalue weighted by Gasteiger charge is -2.26. The second kappa shape index (κ2) is 6.25. The molecule has 0 bridgehead atoms. The van der Waals surface area contributed by atoms with Gasteiger partial charge in [-0.2, -0.15) is 0 Å². The van der Waals surface area contributed by atoms with Gasteiger partial charge in [-0.1, -0.05) is 29.8 Å². The normalized spacial score (nSPS) is 13.8. The molecule has 1 N–H and O–H groups in total. The minimum atomic E-state index is -0.490. The molecule has 1 heterocycles. The first-order valence-corrected chi connectivity index (χ1v) is 6.99. The van der Waals surface area contributed by atoms with Crippen LogP contribution in [-0.4, -0.2) is 17.1 Å². The summed E-state index contributed by atoms with van der Waals surface area (Å²) in [6.07, 6.45) is 1.22. The summed E-state index contributed by atoms with van der Waals surface area (Å²) in [6, 6.07) is 11.8. The average molecular weight is 291 g/mol. The first-order valence-electron chi connectivity index (χ1n) is 6.61. The van der Waals surface area contributed by atoms with E-state index in [2.05, 4.69) is 16.8 Å². The monoisotopic (exact) mass is 290 g/mol. The summed E-state index contributed by atoms with van der Waals surface area (Å²) < 4.78 is 0. The van der Waals surface area contributed by atoms with Gasteiger partial charge in [-0.05, 0) is 43.2 Å². The minimum absolute atomic E-state index is 0.192. The molecule has 0 saturated heterocycles. The molecule has 0 aliphatic carbocycles. The third-order valence-corrected chi connectivity index (χ3v) is 3.80. The van der Waals surface area contributed by atoms with Crippen molar-refractivity contribution in [1.29, 1.82) is 0 Å². The van der Waals surface area contributed by atoms with Crippen LogP contribution in [0.3, 0.4) is 0 Å². The molecule has 2 rings (SSSR count). The Kier molecular flexibility index (Phi) is 4.63. The molecule has 4 heteroatoms. The Morgan fingerprint density at radius 1 is 1.05 bits per heavy atom. The average Bonchev–Trinajstić information content (AvgIpc) is 2.46. The van der Waals surface area contributed by atoms with Crippen molar-refractivity contribution in [2.24, 2.45) is 0 Å². The highest BCUT2D eigenvalue weighted by atomic mass is 35.5. The summed E-state index contributed by atoms with van der Waals surface area (Å²) in [5.41, 5.74) is 2.00. The van der Waals surface area contributed by atoms with Crippen LogP contribution >= 0.6 is 11.6 Å². The quantitative estimate of drug-likeness (QED) is 0.925. The topological polar surface area (TPSA) is 36.4 Å². The highest BCUT2D eigenvalue weighted by Gasteiger charge is 2.13. The zero-order chi connectivity index (χ0) is 14.7.